The molecule has 128 valence electrons. The van der Waals surface area contributed by atoms with E-state index in [4.69, 9.17) is 4.74 Å². The second kappa shape index (κ2) is 7.23. The van der Waals surface area contributed by atoms with Crippen LogP contribution in [-0.4, -0.2) is 35.2 Å². The minimum Gasteiger partial charge on any atom is -0.495 e. The van der Waals surface area contributed by atoms with Gasteiger partial charge in [-0.15, -0.1) is 0 Å². The van der Waals surface area contributed by atoms with Gasteiger partial charge in [0, 0.05) is 19.6 Å². The number of rotatable bonds is 6. The molecule has 1 atom stereocenters. The van der Waals surface area contributed by atoms with Crippen LogP contribution in [0.2, 0.25) is 0 Å². The molecule has 0 amide bonds. The van der Waals surface area contributed by atoms with Crippen LogP contribution in [0.3, 0.4) is 0 Å². The van der Waals surface area contributed by atoms with Crippen molar-refractivity contribution < 1.29 is 13.2 Å². The lowest BCUT2D eigenvalue weighted by atomic mass is 10.1. The van der Waals surface area contributed by atoms with Gasteiger partial charge in [0.15, 0.2) is 0 Å². The van der Waals surface area contributed by atoms with E-state index < -0.39 is 10.0 Å². The minimum atomic E-state index is -3.44. The molecule has 5 nitrogen and oxygen atoms in total. The molecule has 3 rings (SSSR count). The molecule has 1 aliphatic rings. The van der Waals surface area contributed by atoms with E-state index in [9.17, 15) is 8.42 Å². The van der Waals surface area contributed by atoms with Crippen LogP contribution in [0.15, 0.2) is 59.5 Å². The summed E-state index contributed by atoms with van der Waals surface area (Å²) < 4.78 is 32.7. The molecule has 1 aliphatic heterocycles. The third kappa shape index (κ3) is 3.71. The molecule has 0 radical (unpaired) electrons. The van der Waals surface area contributed by atoms with Gasteiger partial charge in [0.05, 0.1) is 17.7 Å². The number of anilines is 1. The Balaban J connectivity index is 1.61. The Hall–Kier alpha value is -2.05. The molecule has 0 unspecified atom stereocenters. The van der Waals surface area contributed by atoms with Crippen LogP contribution < -0.4 is 14.4 Å². The summed E-state index contributed by atoms with van der Waals surface area (Å²) in [4.78, 5) is 2.56. The fourth-order valence-corrected chi connectivity index (χ4v) is 4.16. The largest absolute Gasteiger partial charge is 0.495 e. The van der Waals surface area contributed by atoms with Crippen LogP contribution in [-0.2, 0) is 10.0 Å². The van der Waals surface area contributed by atoms with E-state index in [2.05, 4.69) is 9.62 Å². The Kier molecular flexibility index (Phi) is 5.06. The molecule has 0 aliphatic carbocycles. The Morgan fingerprint density at radius 3 is 2.58 bits per heavy atom. The van der Waals surface area contributed by atoms with E-state index >= 15 is 0 Å². The molecule has 0 bridgehead atoms. The quantitative estimate of drug-likeness (QED) is 0.873. The van der Waals surface area contributed by atoms with E-state index in [1.807, 2.05) is 24.3 Å². The van der Waals surface area contributed by atoms with Gasteiger partial charge in [-0.25, -0.2) is 13.1 Å². The van der Waals surface area contributed by atoms with Gasteiger partial charge in [-0.05, 0) is 36.6 Å². The number of para-hydroxylation sites is 2. The number of ether oxygens (including phenoxy) is 1. The molecule has 6 heteroatoms. The molecule has 24 heavy (non-hydrogen) atoms. The maximum Gasteiger partial charge on any atom is 0.240 e. The molecule has 2 aromatic carbocycles. The Bertz CT molecular complexity index is 778. The first-order valence-corrected chi connectivity index (χ1v) is 9.51. The first-order chi connectivity index (χ1) is 11.6. The maximum absolute atomic E-state index is 12.3. The van der Waals surface area contributed by atoms with Crippen LogP contribution in [0.1, 0.15) is 6.42 Å². The first-order valence-electron chi connectivity index (χ1n) is 8.03. The monoisotopic (exact) mass is 346 g/mol. The van der Waals surface area contributed by atoms with Gasteiger partial charge in [-0.3, -0.25) is 0 Å². The standard InChI is InChI=1S/C18H22N2O3S/c1-23-18-10-6-5-9-17(18)20-12-11-15(14-20)13-19-24(21,22)16-7-3-2-4-8-16/h2-10,15,19H,11-14H2,1H3/t15-/m0/s1. The zero-order chi connectivity index (χ0) is 17.0. The normalized spacial score (nSPS) is 17.9. The lowest BCUT2D eigenvalue weighted by Gasteiger charge is -2.21. The molecule has 1 saturated heterocycles. The van der Waals surface area contributed by atoms with E-state index in [1.165, 1.54) is 0 Å². The second-order valence-corrected chi connectivity index (χ2v) is 7.70. The molecule has 2 aromatic rings. The summed E-state index contributed by atoms with van der Waals surface area (Å²) in [6.45, 7) is 2.17. The van der Waals surface area contributed by atoms with Gasteiger partial charge in [-0.2, -0.15) is 0 Å². The van der Waals surface area contributed by atoms with Crippen LogP contribution in [0.5, 0.6) is 5.75 Å². The summed E-state index contributed by atoms with van der Waals surface area (Å²) in [7, 11) is -1.77. The van der Waals surface area contributed by atoms with E-state index in [0.717, 1.165) is 30.9 Å². The SMILES string of the molecule is COc1ccccc1N1CC[C@@H](CNS(=O)(=O)c2ccccc2)C1. The summed E-state index contributed by atoms with van der Waals surface area (Å²) in [6.07, 6.45) is 0.954. The Morgan fingerprint density at radius 1 is 1.12 bits per heavy atom. The molecule has 1 heterocycles. The van der Waals surface area contributed by atoms with Gasteiger partial charge in [0.2, 0.25) is 10.0 Å². The molecule has 1 N–H and O–H groups in total. The fourth-order valence-electron chi connectivity index (χ4n) is 3.02. The number of nitrogens with one attached hydrogen (secondary N) is 1. The topological polar surface area (TPSA) is 58.6 Å². The van der Waals surface area contributed by atoms with Gasteiger partial charge in [0.1, 0.15) is 5.75 Å². The van der Waals surface area contributed by atoms with E-state index in [1.54, 1.807) is 37.4 Å². The summed E-state index contributed by atoms with van der Waals surface area (Å²) >= 11 is 0. The lowest BCUT2D eigenvalue weighted by molar-refractivity contribution is 0.414. The van der Waals surface area contributed by atoms with Crippen molar-refractivity contribution in [2.45, 2.75) is 11.3 Å². The summed E-state index contributed by atoms with van der Waals surface area (Å²) in [5.41, 5.74) is 1.06. The zero-order valence-corrected chi connectivity index (χ0v) is 14.5. The molecule has 0 aromatic heterocycles. The first kappa shape index (κ1) is 16.8. The van der Waals surface area contributed by atoms with Crippen molar-refractivity contribution in [3.63, 3.8) is 0 Å². The molecular formula is C18H22N2O3S. The molecule has 0 saturated carbocycles. The third-order valence-corrected chi connectivity index (χ3v) is 5.77. The highest BCUT2D eigenvalue weighted by Gasteiger charge is 2.26. The van der Waals surface area contributed by atoms with Crippen molar-refractivity contribution in [1.82, 2.24) is 4.72 Å². The minimum absolute atomic E-state index is 0.286. The number of benzene rings is 2. The van der Waals surface area contributed by atoms with Crippen molar-refractivity contribution in [2.24, 2.45) is 5.92 Å². The van der Waals surface area contributed by atoms with Crippen molar-refractivity contribution in [3.05, 3.63) is 54.6 Å². The Labute approximate surface area is 143 Å². The van der Waals surface area contributed by atoms with Gasteiger partial charge in [-0.1, -0.05) is 30.3 Å². The number of hydrogen-bond acceptors (Lipinski definition) is 4. The third-order valence-electron chi connectivity index (χ3n) is 4.33. The number of methoxy groups -OCH3 is 1. The highest BCUT2D eigenvalue weighted by molar-refractivity contribution is 7.89. The van der Waals surface area contributed by atoms with Crippen molar-refractivity contribution in [3.8, 4) is 5.75 Å². The van der Waals surface area contributed by atoms with Gasteiger partial charge in [0.25, 0.3) is 0 Å². The van der Waals surface area contributed by atoms with Gasteiger partial charge < -0.3 is 9.64 Å². The summed E-state index contributed by atoms with van der Waals surface area (Å²) in [5.74, 6) is 1.14. The summed E-state index contributed by atoms with van der Waals surface area (Å²) in [6, 6.07) is 16.4. The molecular weight excluding hydrogens is 324 g/mol. The second-order valence-electron chi connectivity index (χ2n) is 5.94. The van der Waals surface area contributed by atoms with E-state index in [0.29, 0.717) is 11.4 Å². The van der Waals surface area contributed by atoms with Crippen LogP contribution in [0.25, 0.3) is 0 Å². The Morgan fingerprint density at radius 2 is 1.83 bits per heavy atom. The predicted octanol–water partition coefficient (Wildman–Crippen LogP) is 2.50. The van der Waals surface area contributed by atoms with Crippen LogP contribution >= 0.6 is 0 Å². The van der Waals surface area contributed by atoms with Crippen LogP contribution in [0, 0.1) is 5.92 Å². The predicted molar refractivity (Wildman–Crippen MR) is 94.9 cm³/mol. The summed E-state index contributed by atoms with van der Waals surface area (Å²) in [5, 5.41) is 0. The zero-order valence-electron chi connectivity index (χ0n) is 13.7. The van der Waals surface area contributed by atoms with Gasteiger partial charge >= 0.3 is 0 Å². The van der Waals surface area contributed by atoms with Crippen LogP contribution in [0.4, 0.5) is 5.69 Å². The van der Waals surface area contributed by atoms with E-state index in [-0.39, 0.29) is 5.92 Å². The fraction of sp³-hybridized carbons (Fsp3) is 0.333. The highest BCUT2D eigenvalue weighted by atomic mass is 32.2. The van der Waals surface area contributed by atoms with Crippen molar-refractivity contribution >= 4 is 15.7 Å². The van der Waals surface area contributed by atoms with Crippen molar-refractivity contribution in [2.75, 3.05) is 31.6 Å². The lowest BCUT2D eigenvalue weighted by Crippen LogP contribution is -2.31. The molecule has 1 fully saturated rings. The van der Waals surface area contributed by atoms with Crippen molar-refractivity contribution in [1.29, 1.82) is 0 Å². The highest BCUT2D eigenvalue weighted by Crippen LogP contribution is 2.31. The number of nitrogens with zero attached hydrogens (tertiary/aromatic N) is 1. The average Bonchev–Trinajstić information content (AvgIpc) is 3.10. The molecule has 0 spiro atoms. The number of sulfonamides is 1. The maximum atomic E-state index is 12.3. The number of hydrogen-bond donors (Lipinski definition) is 1. The smallest absolute Gasteiger partial charge is 0.240 e. The average molecular weight is 346 g/mol.